The van der Waals surface area contributed by atoms with Gasteiger partial charge < -0.3 is 10.1 Å². The zero-order valence-corrected chi connectivity index (χ0v) is 15.5. The number of thiophene rings is 1. The van der Waals surface area contributed by atoms with E-state index in [1.807, 2.05) is 6.92 Å². The third-order valence-corrected chi connectivity index (χ3v) is 5.20. The van der Waals surface area contributed by atoms with E-state index >= 15 is 0 Å². The van der Waals surface area contributed by atoms with Gasteiger partial charge in [0.25, 0.3) is 11.5 Å². The van der Waals surface area contributed by atoms with Crippen molar-refractivity contribution in [3.63, 3.8) is 0 Å². The van der Waals surface area contributed by atoms with Crippen LogP contribution in [0.3, 0.4) is 0 Å². The first-order valence-corrected chi connectivity index (χ1v) is 9.07. The number of nitrogens with zero attached hydrogens (tertiary/aromatic N) is 2. The van der Waals surface area contributed by atoms with Gasteiger partial charge in [0.05, 0.1) is 29.7 Å². The second-order valence-electron chi connectivity index (χ2n) is 5.73. The van der Waals surface area contributed by atoms with E-state index in [2.05, 4.69) is 10.3 Å². The molecule has 2 aromatic heterocycles. The topological polar surface area (TPSA) is 73.2 Å². The molecule has 0 radical (unpaired) electrons. The lowest BCUT2D eigenvalue weighted by Crippen LogP contribution is -2.23. The number of aryl methyl sites for hydroxylation is 1. The molecular weight excluding hydrogens is 376 g/mol. The number of nitrogens with one attached hydrogen (secondary N) is 1. The van der Waals surface area contributed by atoms with Crippen LogP contribution in [-0.4, -0.2) is 28.7 Å². The molecule has 1 amide bonds. The number of carbonyl (C=O) groups excluding carboxylic acids is 1. The van der Waals surface area contributed by atoms with Crippen molar-refractivity contribution in [1.82, 2.24) is 9.55 Å². The van der Waals surface area contributed by atoms with Crippen LogP contribution in [0.4, 0.5) is 14.5 Å². The van der Waals surface area contributed by atoms with Crippen molar-refractivity contribution in [2.24, 2.45) is 0 Å². The fourth-order valence-corrected chi connectivity index (χ4v) is 3.66. The summed E-state index contributed by atoms with van der Waals surface area (Å²) in [6.07, 6.45) is 1.40. The minimum Gasteiger partial charge on any atom is -0.380 e. The van der Waals surface area contributed by atoms with Crippen molar-refractivity contribution in [3.8, 4) is 0 Å². The molecule has 0 saturated carbocycles. The van der Waals surface area contributed by atoms with Crippen LogP contribution in [0, 0.1) is 18.6 Å². The first kappa shape index (κ1) is 19.1. The number of amides is 1. The summed E-state index contributed by atoms with van der Waals surface area (Å²) in [5.74, 6) is -2.45. The fraction of sp³-hybridized carbons (Fsp3) is 0.278. The van der Waals surface area contributed by atoms with Gasteiger partial charge in [-0.2, -0.15) is 0 Å². The number of fused-ring (bicyclic) bond motifs is 1. The van der Waals surface area contributed by atoms with Crippen molar-refractivity contribution in [3.05, 3.63) is 57.0 Å². The highest BCUT2D eigenvalue weighted by molar-refractivity contribution is 7.20. The minimum absolute atomic E-state index is 0.180. The Kier molecular flexibility index (Phi) is 5.62. The van der Waals surface area contributed by atoms with Gasteiger partial charge >= 0.3 is 0 Å². The SMILES string of the molecule is CCOCCn1cnc2sc(C(=O)Nc3c(F)cccc3F)c(C)c2c1=O. The maximum absolute atomic E-state index is 13.8. The predicted octanol–water partition coefficient (Wildman–Crippen LogP) is 3.33. The Labute approximate surface area is 157 Å². The number of aromatic nitrogens is 2. The predicted molar refractivity (Wildman–Crippen MR) is 99.4 cm³/mol. The van der Waals surface area contributed by atoms with Crippen LogP contribution in [0.2, 0.25) is 0 Å². The smallest absolute Gasteiger partial charge is 0.266 e. The highest BCUT2D eigenvalue weighted by Crippen LogP contribution is 2.28. The summed E-state index contributed by atoms with van der Waals surface area (Å²) in [5, 5.41) is 2.56. The number of hydrogen-bond donors (Lipinski definition) is 1. The lowest BCUT2D eigenvalue weighted by atomic mass is 10.2. The van der Waals surface area contributed by atoms with E-state index in [4.69, 9.17) is 4.74 Å². The Hall–Kier alpha value is -2.65. The fourth-order valence-electron chi connectivity index (χ4n) is 2.63. The molecule has 0 unspecified atom stereocenters. The molecule has 0 aliphatic heterocycles. The van der Waals surface area contributed by atoms with Gasteiger partial charge in [0, 0.05) is 6.61 Å². The van der Waals surface area contributed by atoms with Crippen LogP contribution in [0.1, 0.15) is 22.2 Å². The molecule has 9 heteroatoms. The Morgan fingerprint density at radius 3 is 2.70 bits per heavy atom. The third kappa shape index (κ3) is 3.74. The lowest BCUT2D eigenvalue weighted by Gasteiger charge is -2.07. The Morgan fingerprint density at radius 2 is 2.04 bits per heavy atom. The van der Waals surface area contributed by atoms with Gasteiger partial charge in [0.15, 0.2) is 0 Å². The van der Waals surface area contributed by atoms with Gasteiger partial charge in [-0.05, 0) is 31.5 Å². The number of halogens is 2. The van der Waals surface area contributed by atoms with Crippen LogP contribution >= 0.6 is 11.3 Å². The quantitative estimate of drug-likeness (QED) is 0.652. The van der Waals surface area contributed by atoms with Gasteiger partial charge in [-0.3, -0.25) is 14.2 Å². The molecule has 3 rings (SSSR count). The number of para-hydroxylation sites is 1. The summed E-state index contributed by atoms with van der Waals surface area (Å²) < 4.78 is 34.2. The van der Waals surface area contributed by atoms with Crippen molar-refractivity contribution in [2.45, 2.75) is 20.4 Å². The van der Waals surface area contributed by atoms with Gasteiger partial charge in [-0.25, -0.2) is 13.8 Å². The average Bonchev–Trinajstić information content (AvgIpc) is 2.98. The molecule has 0 aliphatic carbocycles. The van der Waals surface area contributed by atoms with Gasteiger partial charge in [-0.1, -0.05) is 6.07 Å². The summed E-state index contributed by atoms with van der Waals surface area (Å²) in [5.41, 5.74) is -0.390. The summed E-state index contributed by atoms with van der Waals surface area (Å²) in [7, 11) is 0. The number of hydrogen-bond acceptors (Lipinski definition) is 5. The third-order valence-electron chi connectivity index (χ3n) is 4.01. The van der Waals surface area contributed by atoms with Crippen LogP contribution < -0.4 is 10.9 Å². The summed E-state index contributed by atoms with van der Waals surface area (Å²) in [6, 6.07) is 3.31. The molecule has 0 fully saturated rings. The number of benzene rings is 1. The molecule has 2 heterocycles. The molecule has 1 aromatic carbocycles. The summed E-state index contributed by atoms with van der Waals surface area (Å²) in [6.45, 7) is 4.72. The van der Waals surface area contributed by atoms with E-state index in [-0.39, 0.29) is 10.4 Å². The Balaban J connectivity index is 1.96. The van der Waals surface area contributed by atoms with Crippen molar-refractivity contribution >= 4 is 33.1 Å². The summed E-state index contributed by atoms with van der Waals surface area (Å²) in [4.78, 5) is 30.0. The lowest BCUT2D eigenvalue weighted by molar-refractivity contribution is 0.102. The standard InChI is InChI=1S/C18H17F2N3O3S/c1-3-26-8-7-23-9-21-17-13(18(23)25)10(2)15(27-17)16(24)22-14-11(19)5-4-6-12(14)20/h4-6,9H,3,7-8H2,1-2H3,(H,22,24). The van der Waals surface area contributed by atoms with E-state index in [0.29, 0.717) is 35.5 Å². The Morgan fingerprint density at radius 1 is 1.33 bits per heavy atom. The molecule has 0 saturated heterocycles. The maximum atomic E-state index is 13.8. The van der Waals surface area contributed by atoms with Crippen molar-refractivity contribution in [1.29, 1.82) is 0 Å². The first-order valence-electron chi connectivity index (χ1n) is 8.25. The van der Waals surface area contributed by atoms with Crippen molar-refractivity contribution in [2.75, 3.05) is 18.5 Å². The van der Waals surface area contributed by atoms with E-state index in [1.165, 1.54) is 17.0 Å². The van der Waals surface area contributed by atoms with Crippen LogP contribution in [0.15, 0.2) is 29.3 Å². The first-order chi connectivity index (χ1) is 12.9. The van der Waals surface area contributed by atoms with Crippen LogP contribution in [-0.2, 0) is 11.3 Å². The molecule has 0 aliphatic rings. The number of carbonyl (C=O) groups is 1. The maximum Gasteiger partial charge on any atom is 0.266 e. The highest BCUT2D eigenvalue weighted by Gasteiger charge is 2.21. The molecule has 27 heavy (non-hydrogen) atoms. The van der Waals surface area contributed by atoms with Gasteiger partial charge in [-0.15, -0.1) is 11.3 Å². The molecule has 6 nitrogen and oxygen atoms in total. The average molecular weight is 393 g/mol. The van der Waals surface area contributed by atoms with Gasteiger partial charge in [0.1, 0.15) is 22.2 Å². The normalized spacial score (nSPS) is 11.1. The second-order valence-corrected chi connectivity index (χ2v) is 6.73. The number of ether oxygens (including phenoxy) is 1. The number of anilines is 1. The largest absolute Gasteiger partial charge is 0.380 e. The molecule has 0 bridgehead atoms. The molecule has 0 spiro atoms. The summed E-state index contributed by atoms with van der Waals surface area (Å²) >= 11 is 1.00. The zero-order chi connectivity index (χ0) is 19.6. The molecular formula is C18H17F2N3O3S. The van der Waals surface area contributed by atoms with E-state index in [0.717, 1.165) is 23.5 Å². The zero-order valence-electron chi connectivity index (χ0n) is 14.7. The monoisotopic (exact) mass is 393 g/mol. The number of rotatable bonds is 6. The minimum atomic E-state index is -0.876. The highest BCUT2D eigenvalue weighted by atomic mass is 32.1. The second kappa shape index (κ2) is 7.93. The van der Waals surface area contributed by atoms with E-state index < -0.39 is 23.2 Å². The molecule has 3 aromatic rings. The molecule has 1 N–H and O–H groups in total. The van der Waals surface area contributed by atoms with Crippen molar-refractivity contribution < 1.29 is 18.3 Å². The van der Waals surface area contributed by atoms with Crippen LogP contribution in [0.25, 0.3) is 10.2 Å². The van der Waals surface area contributed by atoms with Crippen LogP contribution in [0.5, 0.6) is 0 Å². The van der Waals surface area contributed by atoms with E-state index in [1.54, 1.807) is 6.92 Å². The molecule has 0 atom stereocenters. The Bertz CT molecular complexity index is 1040. The molecule has 142 valence electrons. The van der Waals surface area contributed by atoms with Gasteiger partial charge in [0.2, 0.25) is 0 Å². The van der Waals surface area contributed by atoms with E-state index in [9.17, 15) is 18.4 Å².